The maximum atomic E-state index is 12.6. The molecule has 1 saturated heterocycles. The van der Waals surface area contributed by atoms with Crippen molar-refractivity contribution in [3.63, 3.8) is 0 Å². The molecule has 0 bridgehead atoms. The molecule has 1 heterocycles. The Kier molecular flexibility index (Phi) is 6.11. The third-order valence-electron chi connectivity index (χ3n) is 4.23. The van der Waals surface area contributed by atoms with Gasteiger partial charge in [0.05, 0.1) is 11.9 Å². The van der Waals surface area contributed by atoms with Crippen molar-refractivity contribution < 1.29 is 13.2 Å². The summed E-state index contributed by atoms with van der Waals surface area (Å²) in [5, 5.41) is 3.48. The number of halogens is 1. The first-order valence-electron chi connectivity index (χ1n) is 7.92. The number of nitrogens with zero attached hydrogens (tertiary/aromatic N) is 2. The second kappa shape index (κ2) is 7.72. The van der Waals surface area contributed by atoms with Crippen LogP contribution in [0.15, 0.2) is 24.3 Å². The fourth-order valence-corrected chi connectivity index (χ4v) is 4.17. The number of piperidine rings is 1. The molecule has 0 unspecified atom stereocenters. The van der Waals surface area contributed by atoms with Crippen LogP contribution in [0.25, 0.3) is 0 Å². The quantitative estimate of drug-likeness (QED) is 0.853. The van der Waals surface area contributed by atoms with Gasteiger partial charge in [0.25, 0.3) is 0 Å². The molecular formula is C16H24ClN3O3S. The van der Waals surface area contributed by atoms with Gasteiger partial charge in [0.2, 0.25) is 15.9 Å². The van der Waals surface area contributed by atoms with E-state index in [4.69, 9.17) is 11.6 Å². The van der Waals surface area contributed by atoms with E-state index in [1.807, 2.05) is 7.05 Å². The smallest absolute Gasteiger partial charge is 0.243 e. The maximum absolute atomic E-state index is 12.6. The van der Waals surface area contributed by atoms with Gasteiger partial charge < -0.3 is 10.2 Å². The SMILES string of the molecule is C[C@@H](C(=O)NC1CCN(C)CC1)N(c1ccc(Cl)cc1)S(C)(=O)=O. The predicted molar refractivity (Wildman–Crippen MR) is 96.9 cm³/mol. The lowest BCUT2D eigenvalue weighted by molar-refractivity contribution is -0.122. The van der Waals surface area contributed by atoms with E-state index < -0.39 is 16.1 Å². The van der Waals surface area contributed by atoms with Crippen molar-refractivity contribution >= 4 is 33.2 Å². The number of rotatable bonds is 5. The molecule has 1 fully saturated rings. The van der Waals surface area contributed by atoms with E-state index >= 15 is 0 Å². The van der Waals surface area contributed by atoms with Gasteiger partial charge in [0.15, 0.2) is 0 Å². The molecule has 0 radical (unpaired) electrons. The van der Waals surface area contributed by atoms with Crippen molar-refractivity contribution in [2.45, 2.75) is 31.8 Å². The van der Waals surface area contributed by atoms with Crippen molar-refractivity contribution in [2.75, 3.05) is 30.7 Å². The summed E-state index contributed by atoms with van der Waals surface area (Å²) in [4.78, 5) is 14.8. The number of nitrogens with one attached hydrogen (secondary N) is 1. The van der Waals surface area contributed by atoms with Crippen LogP contribution >= 0.6 is 11.6 Å². The number of hydrogen-bond donors (Lipinski definition) is 1. The lowest BCUT2D eigenvalue weighted by Gasteiger charge is -2.33. The number of amides is 1. The Hall–Kier alpha value is -1.31. The first-order valence-corrected chi connectivity index (χ1v) is 10.1. The van der Waals surface area contributed by atoms with Crippen LogP contribution in [0.4, 0.5) is 5.69 Å². The van der Waals surface area contributed by atoms with Crippen molar-refractivity contribution in [3.8, 4) is 0 Å². The molecule has 134 valence electrons. The first-order chi connectivity index (χ1) is 11.2. The molecule has 1 atom stereocenters. The molecule has 0 aromatic heterocycles. The average molecular weight is 374 g/mol. The zero-order valence-corrected chi connectivity index (χ0v) is 15.8. The number of benzene rings is 1. The van der Waals surface area contributed by atoms with Gasteiger partial charge in [0.1, 0.15) is 6.04 Å². The first kappa shape index (κ1) is 19.0. The minimum atomic E-state index is -3.60. The third kappa shape index (κ3) is 4.84. The van der Waals surface area contributed by atoms with E-state index in [0.717, 1.165) is 36.5 Å². The molecule has 1 aromatic rings. The minimum absolute atomic E-state index is 0.0859. The van der Waals surface area contributed by atoms with E-state index in [1.54, 1.807) is 31.2 Å². The third-order valence-corrected chi connectivity index (χ3v) is 5.73. The average Bonchev–Trinajstić information content (AvgIpc) is 2.50. The van der Waals surface area contributed by atoms with Gasteiger partial charge in [-0.15, -0.1) is 0 Å². The van der Waals surface area contributed by atoms with Crippen LogP contribution in [0.3, 0.4) is 0 Å². The number of likely N-dealkylation sites (tertiary alicyclic amines) is 1. The summed E-state index contributed by atoms with van der Waals surface area (Å²) in [6.45, 7) is 3.44. The van der Waals surface area contributed by atoms with Crippen molar-refractivity contribution in [1.82, 2.24) is 10.2 Å². The topological polar surface area (TPSA) is 69.7 Å². The predicted octanol–water partition coefficient (Wildman–Crippen LogP) is 1.70. The Morgan fingerprint density at radius 1 is 1.29 bits per heavy atom. The second-order valence-corrected chi connectivity index (χ2v) is 8.59. The molecule has 1 amide bonds. The van der Waals surface area contributed by atoms with Crippen LogP contribution in [0.1, 0.15) is 19.8 Å². The fourth-order valence-electron chi connectivity index (χ4n) is 2.87. The number of hydrogen-bond acceptors (Lipinski definition) is 4. The van der Waals surface area contributed by atoms with Crippen LogP contribution in [0, 0.1) is 0 Å². The summed E-state index contributed by atoms with van der Waals surface area (Å²) in [6.07, 6.45) is 2.84. The summed E-state index contributed by atoms with van der Waals surface area (Å²) in [5.74, 6) is -0.287. The standard InChI is InChI=1S/C16H24ClN3O3S/c1-12(16(21)18-14-8-10-19(2)11-9-14)20(24(3,22)23)15-6-4-13(17)5-7-15/h4-7,12,14H,8-11H2,1-3H3,(H,18,21)/t12-/m0/s1. The van der Waals surface area contributed by atoms with E-state index in [0.29, 0.717) is 10.7 Å². The maximum Gasteiger partial charge on any atom is 0.243 e. The Balaban J connectivity index is 2.14. The summed E-state index contributed by atoms with van der Waals surface area (Å²) in [5.41, 5.74) is 0.424. The number of carbonyl (C=O) groups excluding carboxylic acids is 1. The van der Waals surface area contributed by atoms with E-state index in [2.05, 4.69) is 10.2 Å². The molecule has 1 aromatic carbocycles. The Labute approximate surface area is 148 Å². The van der Waals surface area contributed by atoms with Crippen LogP contribution < -0.4 is 9.62 Å². The molecule has 6 nitrogen and oxygen atoms in total. The molecule has 1 aliphatic heterocycles. The molecular weight excluding hydrogens is 350 g/mol. The van der Waals surface area contributed by atoms with Crippen LogP contribution in [0.2, 0.25) is 5.02 Å². The molecule has 24 heavy (non-hydrogen) atoms. The van der Waals surface area contributed by atoms with Gasteiger partial charge in [-0.2, -0.15) is 0 Å². The molecule has 2 rings (SSSR count). The lowest BCUT2D eigenvalue weighted by Crippen LogP contribution is -2.52. The molecule has 0 aliphatic carbocycles. The fraction of sp³-hybridized carbons (Fsp3) is 0.562. The number of sulfonamides is 1. The highest BCUT2D eigenvalue weighted by molar-refractivity contribution is 7.92. The van der Waals surface area contributed by atoms with E-state index in [-0.39, 0.29) is 11.9 Å². The zero-order valence-electron chi connectivity index (χ0n) is 14.2. The Morgan fingerprint density at radius 3 is 2.33 bits per heavy atom. The highest BCUT2D eigenvalue weighted by atomic mass is 35.5. The number of carbonyl (C=O) groups is 1. The monoisotopic (exact) mass is 373 g/mol. The van der Waals surface area contributed by atoms with Crippen LogP contribution in [-0.2, 0) is 14.8 Å². The Morgan fingerprint density at radius 2 is 1.83 bits per heavy atom. The van der Waals surface area contributed by atoms with Gasteiger partial charge in [-0.3, -0.25) is 9.10 Å². The van der Waals surface area contributed by atoms with Gasteiger partial charge in [-0.1, -0.05) is 11.6 Å². The van der Waals surface area contributed by atoms with Crippen molar-refractivity contribution in [3.05, 3.63) is 29.3 Å². The second-order valence-electron chi connectivity index (χ2n) is 6.30. The van der Waals surface area contributed by atoms with Crippen LogP contribution in [-0.4, -0.2) is 57.7 Å². The minimum Gasteiger partial charge on any atom is -0.351 e. The summed E-state index contributed by atoms with van der Waals surface area (Å²) < 4.78 is 25.5. The van der Waals surface area contributed by atoms with Gasteiger partial charge in [0, 0.05) is 11.1 Å². The highest BCUT2D eigenvalue weighted by Crippen LogP contribution is 2.23. The molecule has 8 heteroatoms. The summed E-state index contributed by atoms with van der Waals surface area (Å²) in [7, 11) is -1.56. The van der Waals surface area contributed by atoms with Crippen molar-refractivity contribution in [1.29, 1.82) is 0 Å². The highest BCUT2D eigenvalue weighted by Gasteiger charge is 2.30. The molecule has 1 aliphatic rings. The van der Waals surface area contributed by atoms with E-state index in [9.17, 15) is 13.2 Å². The lowest BCUT2D eigenvalue weighted by atomic mass is 10.1. The normalized spacial score (nSPS) is 18.2. The van der Waals surface area contributed by atoms with Gasteiger partial charge >= 0.3 is 0 Å². The summed E-state index contributed by atoms with van der Waals surface area (Å²) >= 11 is 5.86. The van der Waals surface area contributed by atoms with Crippen LogP contribution in [0.5, 0.6) is 0 Å². The Bertz CT molecular complexity index is 670. The molecule has 0 spiro atoms. The van der Waals surface area contributed by atoms with Gasteiger partial charge in [-0.05, 0) is 64.2 Å². The summed E-state index contributed by atoms with van der Waals surface area (Å²) in [6, 6.07) is 5.67. The van der Waals surface area contributed by atoms with E-state index in [1.165, 1.54) is 0 Å². The number of anilines is 1. The van der Waals surface area contributed by atoms with Gasteiger partial charge in [-0.25, -0.2) is 8.42 Å². The molecule has 0 saturated carbocycles. The largest absolute Gasteiger partial charge is 0.351 e. The zero-order chi connectivity index (χ0) is 17.9. The molecule has 1 N–H and O–H groups in total. The van der Waals surface area contributed by atoms with Crippen molar-refractivity contribution in [2.24, 2.45) is 0 Å².